The van der Waals surface area contributed by atoms with Crippen molar-refractivity contribution in [3.05, 3.63) is 68.6 Å². The SMILES string of the molecule is CCN1C(=S)SC(c2ccc(Br)cc2)N(CC)C1c1ccc(Br)cc1. The van der Waals surface area contributed by atoms with Crippen molar-refractivity contribution >= 4 is 60.2 Å². The number of hydrogen-bond donors (Lipinski definition) is 0. The van der Waals surface area contributed by atoms with Gasteiger partial charge < -0.3 is 4.90 Å². The first-order valence-electron chi connectivity index (χ1n) is 8.29. The first kappa shape index (κ1) is 19.4. The lowest BCUT2D eigenvalue weighted by Crippen LogP contribution is -2.48. The average Bonchev–Trinajstić information content (AvgIpc) is 2.62. The van der Waals surface area contributed by atoms with E-state index in [9.17, 15) is 0 Å². The van der Waals surface area contributed by atoms with Gasteiger partial charge in [0, 0.05) is 15.5 Å². The Morgan fingerprint density at radius 2 is 1.40 bits per heavy atom. The van der Waals surface area contributed by atoms with Crippen LogP contribution in [0.15, 0.2) is 57.5 Å². The van der Waals surface area contributed by atoms with Gasteiger partial charge in [0.05, 0.1) is 5.37 Å². The Balaban J connectivity index is 2.03. The van der Waals surface area contributed by atoms with Crippen LogP contribution >= 0.6 is 55.8 Å². The van der Waals surface area contributed by atoms with E-state index < -0.39 is 0 Å². The van der Waals surface area contributed by atoms with E-state index in [1.807, 2.05) is 0 Å². The fourth-order valence-corrected chi connectivity index (χ4v) is 5.45. The van der Waals surface area contributed by atoms with E-state index in [0.717, 1.165) is 26.4 Å². The number of hydrogen-bond acceptors (Lipinski definition) is 3. The van der Waals surface area contributed by atoms with Crippen LogP contribution in [0.4, 0.5) is 0 Å². The number of rotatable bonds is 4. The van der Waals surface area contributed by atoms with E-state index in [-0.39, 0.29) is 11.5 Å². The molecule has 2 aromatic carbocycles. The summed E-state index contributed by atoms with van der Waals surface area (Å²) >= 11 is 14.6. The fourth-order valence-electron chi connectivity index (χ4n) is 3.17. The van der Waals surface area contributed by atoms with Gasteiger partial charge in [-0.15, -0.1) is 0 Å². The third-order valence-corrected chi connectivity index (χ3v) is 7.17. The maximum absolute atomic E-state index is 5.78. The van der Waals surface area contributed by atoms with Gasteiger partial charge in [-0.1, -0.05) is 87.0 Å². The summed E-state index contributed by atoms with van der Waals surface area (Å²) in [5.74, 6) is 0. The molecular weight excluding hydrogens is 480 g/mol. The summed E-state index contributed by atoms with van der Waals surface area (Å²) in [6, 6.07) is 17.2. The van der Waals surface area contributed by atoms with Crippen molar-refractivity contribution in [2.24, 2.45) is 0 Å². The van der Waals surface area contributed by atoms with Gasteiger partial charge in [0.25, 0.3) is 0 Å². The number of halogens is 2. The van der Waals surface area contributed by atoms with Crippen molar-refractivity contribution in [3.63, 3.8) is 0 Å². The Morgan fingerprint density at radius 3 is 1.88 bits per heavy atom. The topological polar surface area (TPSA) is 6.48 Å². The van der Waals surface area contributed by atoms with Crippen LogP contribution in [0.5, 0.6) is 0 Å². The van der Waals surface area contributed by atoms with Crippen molar-refractivity contribution in [3.8, 4) is 0 Å². The van der Waals surface area contributed by atoms with Crippen LogP contribution in [0.1, 0.15) is 36.5 Å². The molecule has 0 saturated carbocycles. The summed E-state index contributed by atoms with van der Waals surface area (Å²) in [5.41, 5.74) is 2.56. The molecule has 1 saturated heterocycles. The molecular formula is C19H20Br2N2S2. The lowest BCUT2D eigenvalue weighted by molar-refractivity contribution is 0.0852. The molecule has 0 radical (unpaired) electrons. The van der Waals surface area contributed by atoms with Gasteiger partial charge in [-0.05, 0) is 48.9 Å². The van der Waals surface area contributed by atoms with Gasteiger partial charge >= 0.3 is 0 Å². The highest BCUT2D eigenvalue weighted by atomic mass is 79.9. The molecule has 2 nitrogen and oxygen atoms in total. The Bertz CT molecular complexity index is 734. The lowest BCUT2D eigenvalue weighted by atomic mass is 10.1. The van der Waals surface area contributed by atoms with Gasteiger partial charge in [-0.25, -0.2) is 0 Å². The molecule has 2 unspecified atom stereocenters. The van der Waals surface area contributed by atoms with E-state index in [2.05, 4.69) is 104 Å². The van der Waals surface area contributed by atoms with Crippen LogP contribution in [0, 0.1) is 0 Å². The molecule has 6 heteroatoms. The molecule has 0 aliphatic carbocycles. The number of benzene rings is 2. The van der Waals surface area contributed by atoms with Crippen molar-refractivity contribution in [1.82, 2.24) is 9.80 Å². The second-order valence-corrected chi connectivity index (χ2v) is 9.37. The maximum Gasteiger partial charge on any atom is 0.139 e. The minimum Gasteiger partial charge on any atom is -0.338 e. The average molecular weight is 500 g/mol. The van der Waals surface area contributed by atoms with Gasteiger partial charge in [-0.2, -0.15) is 0 Å². The number of thiocarbonyl (C=S) groups is 1. The molecule has 1 fully saturated rings. The van der Waals surface area contributed by atoms with Crippen LogP contribution in [0.2, 0.25) is 0 Å². The van der Waals surface area contributed by atoms with E-state index in [1.54, 1.807) is 11.8 Å². The summed E-state index contributed by atoms with van der Waals surface area (Å²) in [6.45, 7) is 6.25. The number of nitrogens with zero attached hydrogens (tertiary/aromatic N) is 2. The second kappa shape index (κ2) is 8.53. The molecule has 1 aliphatic heterocycles. The highest BCUT2D eigenvalue weighted by molar-refractivity contribution is 9.10. The van der Waals surface area contributed by atoms with Crippen LogP contribution < -0.4 is 0 Å². The molecule has 132 valence electrons. The molecule has 25 heavy (non-hydrogen) atoms. The van der Waals surface area contributed by atoms with Crippen LogP contribution in [0.25, 0.3) is 0 Å². The Hall–Kier alpha value is -0.400. The molecule has 0 N–H and O–H groups in total. The monoisotopic (exact) mass is 498 g/mol. The number of thioether (sulfide) groups is 1. The summed E-state index contributed by atoms with van der Waals surface area (Å²) in [4.78, 5) is 4.85. The smallest absolute Gasteiger partial charge is 0.139 e. The van der Waals surface area contributed by atoms with Gasteiger partial charge in [0.15, 0.2) is 0 Å². The Morgan fingerprint density at radius 1 is 0.880 bits per heavy atom. The largest absolute Gasteiger partial charge is 0.338 e. The molecule has 1 aliphatic rings. The molecule has 0 amide bonds. The molecule has 0 spiro atoms. The van der Waals surface area contributed by atoms with E-state index in [1.165, 1.54) is 11.1 Å². The van der Waals surface area contributed by atoms with E-state index in [4.69, 9.17) is 12.2 Å². The predicted molar refractivity (Wildman–Crippen MR) is 119 cm³/mol. The Kier molecular flexibility index (Phi) is 6.60. The Labute approximate surface area is 176 Å². The van der Waals surface area contributed by atoms with E-state index >= 15 is 0 Å². The minimum atomic E-state index is 0.158. The minimum absolute atomic E-state index is 0.158. The van der Waals surface area contributed by atoms with Crippen molar-refractivity contribution in [2.45, 2.75) is 25.4 Å². The first-order valence-corrected chi connectivity index (χ1v) is 11.2. The van der Waals surface area contributed by atoms with Gasteiger partial charge in [0.2, 0.25) is 0 Å². The molecule has 1 heterocycles. The van der Waals surface area contributed by atoms with Gasteiger partial charge in [0.1, 0.15) is 10.5 Å². The third kappa shape index (κ3) is 4.14. The molecule has 0 bridgehead atoms. The fraction of sp³-hybridized carbons (Fsp3) is 0.316. The summed E-state index contributed by atoms with van der Waals surface area (Å²) in [5, 5.41) is 0.224. The second-order valence-electron chi connectivity index (χ2n) is 5.83. The first-order chi connectivity index (χ1) is 12.0. The van der Waals surface area contributed by atoms with Crippen molar-refractivity contribution < 1.29 is 0 Å². The van der Waals surface area contributed by atoms with Crippen LogP contribution in [-0.2, 0) is 0 Å². The van der Waals surface area contributed by atoms with Crippen molar-refractivity contribution in [2.75, 3.05) is 13.1 Å². The molecule has 3 rings (SSSR count). The van der Waals surface area contributed by atoms with Crippen LogP contribution in [0.3, 0.4) is 0 Å². The lowest BCUT2D eigenvalue weighted by Gasteiger charge is -2.48. The van der Waals surface area contributed by atoms with E-state index in [0.29, 0.717) is 0 Å². The summed E-state index contributed by atoms with van der Waals surface area (Å²) in [6.07, 6.45) is 0.158. The standard InChI is InChI=1S/C19H20Br2N2S2/c1-3-22-17(13-5-9-15(20)10-6-13)23(4-2)19(24)25-18(22)14-7-11-16(21)12-8-14/h5-12,17-18H,3-4H2,1-2H3. The third-order valence-electron chi connectivity index (χ3n) is 4.39. The van der Waals surface area contributed by atoms with Gasteiger partial charge in [-0.3, -0.25) is 4.90 Å². The molecule has 2 atom stereocenters. The zero-order chi connectivity index (χ0) is 18.0. The molecule has 2 aromatic rings. The quantitative estimate of drug-likeness (QED) is 0.438. The van der Waals surface area contributed by atoms with Crippen molar-refractivity contribution in [1.29, 1.82) is 0 Å². The predicted octanol–water partition coefficient (Wildman–Crippen LogP) is 6.58. The molecule has 0 aromatic heterocycles. The maximum atomic E-state index is 5.78. The highest BCUT2D eigenvalue weighted by Crippen LogP contribution is 2.46. The summed E-state index contributed by atoms with van der Waals surface area (Å²) < 4.78 is 3.16. The summed E-state index contributed by atoms with van der Waals surface area (Å²) in [7, 11) is 0. The highest BCUT2D eigenvalue weighted by Gasteiger charge is 2.38. The normalized spacial score (nSPS) is 21.6. The zero-order valence-electron chi connectivity index (χ0n) is 14.2. The van der Waals surface area contributed by atoms with Crippen LogP contribution in [-0.4, -0.2) is 27.2 Å². The zero-order valence-corrected chi connectivity index (χ0v) is 19.0.